The second-order valence-electron chi connectivity index (χ2n) is 3.59. The van der Waals surface area contributed by atoms with Gasteiger partial charge in [-0.15, -0.1) is 11.3 Å². The molecule has 0 spiro atoms. The van der Waals surface area contributed by atoms with Crippen molar-refractivity contribution in [3.63, 3.8) is 0 Å². The average Bonchev–Trinajstić information content (AvgIpc) is 2.80. The minimum Gasteiger partial charge on any atom is -0.309 e. The van der Waals surface area contributed by atoms with Gasteiger partial charge < -0.3 is 5.32 Å². The third-order valence-corrected chi connectivity index (χ3v) is 3.38. The minimum absolute atomic E-state index is 0.715. The molecule has 1 aliphatic rings. The summed E-state index contributed by atoms with van der Waals surface area (Å²) in [6, 6.07) is 5.02. The Morgan fingerprint density at radius 3 is 3.08 bits per heavy atom. The fraction of sp³-hybridized carbons (Fsp3) is 0.600. The molecule has 0 aromatic carbocycles. The fourth-order valence-electron chi connectivity index (χ4n) is 1.44. The molecule has 66 valence electrons. The molecule has 0 saturated heterocycles. The van der Waals surface area contributed by atoms with Gasteiger partial charge in [0.15, 0.2) is 0 Å². The van der Waals surface area contributed by atoms with Crippen LogP contribution in [0.15, 0.2) is 17.5 Å². The molecule has 12 heavy (non-hydrogen) atoms. The van der Waals surface area contributed by atoms with Crippen LogP contribution in [0.4, 0.5) is 0 Å². The van der Waals surface area contributed by atoms with Crippen molar-refractivity contribution in [3.8, 4) is 0 Å². The molecule has 2 rings (SSSR count). The topological polar surface area (TPSA) is 12.0 Å². The van der Waals surface area contributed by atoms with Crippen molar-refractivity contribution in [2.45, 2.75) is 32.4 Å². The molecule has 1 N–H and O–H groups in total. The van der Waals surface area contributed by atoms with E-state index in [0.29, 0.717) is 6.04 Å². The van der Waals surface area contributed by atoms with Gasteiger partial charge in [0.05, 0.1) is 0 Å². The monoisotopic (exact) mass is 181 g/mol. The van der Waals surface area contributed by atoms with Crippen molar-refractivity contribution in [1.29, 1.82) is 0 Å². The number of hydrogen-bond donors (Lipinski definition) is 1. The molecule has 1 heterocycles. The molecular weight excluding hydrogens is 166 g/mol. The van der Waals surface area contributed by atoms with Gasteiger partial charge in [-0.05, 0) is 37.1 Å². The Balaban J connectivity index is 1.74. The second kappa shape index (κ2) is 3.58. The van der Waals surface area contributed by atoms with Crippen LogP contribution >= 0.6 is 11.3 Å². The quantitative estimate of drug-likeness (QED) is 0.753. The summed E-state index contributed by atoms with van der Waals surface area (Å²) in [5, 5.41) is 5.70. The summed E-state index contributed by atoms with van der Waals surface area (Å²) in [6.45, 7) is 3.35. The van der Waals surface area contributed by atoms with Gasteiger partial charge in [0.1, 0.15) is 0 Å². The Bertz CT molecular complexity index is 226. The van der Waals surface area contributed by atoms with Crippen molar-refractivity contribution in [3.05, 3.63) is 22.4 Å². The first kappa shape index (κ1) is 8.27. The molecule has 0 unspecified atom stereocenters. The van der Waals surface area contributed by atoms with E-state index in [2.05, 4.69) is 29.8 Å². The summed E-state index contributed by atoms with van der Waals surface area (Å²) in [6.07, 6.45) is 2.86. The van der Waals surface area contributed by atoms with E-state index in [1.165, 1.54) is 17.7 Å². The first-order chi connectivity index (χ1) is 5.86. The van der Waals surface area contributed by atoms with Gasteiger partial charge in [-0.25, -0.2) is 0 Å². The van der Waals surface area contributed by atoms with E-state index in [1.54, 1.807) is 0 Å². The average molecular weight is 181 g/mol. The first-order valence-corrected chi connectivity index (χ1v) is 5.50. The summed E-state index contributed by atoms with van der Waals surface area (Å²) in [5.74, 6) is 0.963. The zero-order valence-corrected chi connectivity index (χ0v) is 8.23. The summed E-state index contributed by atoms with van der Waals surface area (Å²) in [7, 11) is 0. The third kappa shape index (κ3) is 2.08. The van der Waals surface area contributed by atoms with Crippen LogP contribution < -0.4 is 5.32 Å². The van der Waals surface area contributed by atoms with Gasteiger partial charge in [-0.3, -0.25) is 0 Å². The highest BCUT2D eigenvalue weighted by molar-refractivity contribution is 7.09. The molecule has 1 aromatic rings. The largest absolute Gasteiger partial charge is 0.309 e. The SMILES string of the molecule is C[C@H](NCc1cccs1)C1CC1. The highest BCUT2D eigenvalue weighted by atomic mass is 32.1. The predicted molar refractivity (Wildman–Crippen MR) is 53.3 cm³/mol. The highest BCUT2D eigenvalue weighted by Gasteiger charge is 2.27. The van der Waals surface area contributed by atoms with Gasteiger partial charge in [0, 0.05) is 17.5 Å². The van der Waals surface area contributed by atoms with Gasteiger partial charge in [0.2, 0.25) is 0 Å². The van der Waals surface area contributed by atoms with Crippen molar-refractivity contribution in [2.24, 2.45) is 5.92 Å². The Morgan fingerprint density at radius 1 is 1.67 bits per heavy atom. The molecule has 1 fully saturated rings. The van der Waals surface area contributed by atoms with Crippen LogP contribution in [0.25, 0.3) is 0 Å². The molecular formula is C10H15NS. The smallest absolute Gasteiger partial charge is 0.0302 e. The van der Waals surface area contributed by atoms with Gasteiger partial charge >= 0.3 is 0 Å². The van der Waals surface area contributed by atoms with Gasteiger partial charge in [0.25, 0.3) is 0 Å². The molecule has 0 amide bonds. The van der Waals surface area contributed by atoms with E-state index < -0.39 is 0 Å². The van der Waals surface area contributed by atoms with Gasteiger partial charge in [-0.1, -0.05) is 6.07 Å². The molecule has 1 aromatic heterocycles. The Hall–Kier alpha value is -0.340. The van der Waals surface area contributed by atoms with Crippen molar-refractivity contribution >= 4 is 11.3 Å². The van der Waals surface area contributed by atoms with Crippen LogP contribution in [-0.4, -0.2) is 6.04 Å². The lowest BCUT2D eigenvalue weighted by molar-refractivity contribution is 0.499. The van der Waals surface area contributed by atoms with Crippen LogP contribution in [0.1, 0.15) is 24.6 Å². The van der Waals surface area contributed by atoms with E-state index in [0.717, 1.165) is 12.5 Å². The van der Waals surface area contributed by atoms with E-state index in [9.17, 15) is 0 Å². The lowest BCUT2D eigenvalue weighted by atomic mass is 10.2. The van der Waals surface area contributed by atoms with Crippen LogP contribution in [0.2, 0.25) is 0 Å². The molecule has 0 bridgehead atoms. The molecule has 0 aliphatic heterocycles. The Labute approximate surface area is 77.8 Å². The Morgan fingerprint density at radius 2 is 2.50 bits per heavy atom. The van der Waals surface area contributed by atoms with E-state index in [4.69, 9.17) is 0 Å². The van der Waals surface area contributed by atoms with E-state index in [1.807, 2.05) is 11.3 Å². The standard InChI is InChI=1S/C10H15NS/c1-8(9-4-5-9)11-7-10-3-2-6-12-10/h2-3,6,8-9,11H,4-5,7H2,1H3/t8-/m0/s1. The fourth-order valence-corrected chi connectivity index (χ4v) is 2.09. The van der Waals surface area contributed by atoms with Crippen molar-refractivity contribution < 1.29 is 0 Å². The van der Waals surface area contributed by atoms with Crippen LogP contribution in [0, 0.1) is 5.92 Å². The molecule has 1 atom stereocenters. The zero-order valence-electron chi connectivity index (χ0n) is 7.42. The van der Waals surface area contributed by atoms with E-state index in [-0.39, 0.29) is 0 Å². The molecule has 1 aliphatic carbocycles. The van der Waals surface area contributed by atoms with E-state index >= 15 is 0 Å². The normalized spacial score (nSPS) is 19.4. The summed E-state index contributed by atoms with van der Waals surface area (Å²) in [4.78, 5) is 1.45. The van der Waals surface area contributed by atoms with Crippen LogP contribution in [0.3, 0.4) is 0 Å². The molecule has 2 heteroatoms. The van der Waals surface area contributed by atoms with Crippen LogP contribution in [-0.2, 0) is 6.54 Å². The summed E-state index contributed by atoms with van der Waals surface area (Å²) in [5.41, 5.74) is 0. The van der Waals surface area contributed by atoms with Gasteiger partial charge in [-0.2, -0.15) is 0 Å². The van der Waals surface area contributed by atoms with Crippen molar-refractivity contribution in [1.82, 2.24) is 5.32 Å². The zero-order chi connectivity index (χ0) is 8.39. The number of hydrogen-bond acceptors (Lipinski definition) is 2. The molecule has 1 nitrogen and oxygen atoms in total. The van der Waals surface area contributed by atoms with Crippen molar-refractivity contribution in [2.75, 3.05) is 0 Å². The first-order valence-electron chi connectivity index (χ1n) is 4.62. The summed E-state index contributed by atoms with van der Waals surface area (Å²) >= 11 is 1.83. The van der Waals surface area contributed by atoms with Crippen LogP contribution in [0.5, 0.6) is 0 Å². The molecule has 1 saturated carbocycles. The predicted octanol–water partition coefficient (Wildman–Crippen LogP) is 2.64. The maximum atomic E-state index is 3.56. The number of rotatable bonds is 4. The maximum Gasteiger partial charge on any atom is 0.0302 e. The lowest BCUT2D eigenvalue weighted by Crippen LogP contribution is -2.26. The highest BCUT2D eigenvalue weighted by Crippen LogP contribution is 2.32. The summed E-state index contributed by atoms with van der Waals surface area (Å²) < 4.78 is 0. The number of thiophene rings is 1. The number of nitrogens with one attached hydrogen (secondary N) is 1. The minimum atomic E-state index is 0.715. The Kier molecular flexibility index (Phi) is 2.47. The lowest BCUT2D eigenvalue weighted by Gasteiger charge is -2.10. The molecule has 0 radical (unpaired) electrons. The third-order valence-electron chi connectivity index (χ3n) is 2.51. The second-order valence-corrected chi connectivity index (χ2v) is 4.62. The maximum absolute atomic E-state index is 3.56.